The zero-order chi connectivity index (χ0) is 24.0. The third-order valence-electron chi connectivity index (χ3n) is 6.50. The number of hydrogen-bond donors (Lipinski definition) is 0. The van der Waals surface area contributed by atoms with E-state index in [1.165, 1.54) is 11.1 Å². The molecule has 0 spiro atoms. The Kier molecular flexibility index (Phi) is 6.16. The van der Waals surface area contributed by atoms with Gasteiger partial charge in [0.05, 0.1) is 6.04 Å². The molecule has 0 saturated heterocycles. The van der Waals surface area contributed by atoms with E-state index in [1.807, 2.05) is 66.4 Å². The van der Waals surface area contributed by atoms with Gasteiger partial charge in [-0.3, -0.25) is 4.79 Å². The molecule has 0 fully saturated rings. The average molecular weight is 507 g/mol. The van der Waals surface area contributed by atoms with Gasteiger partial charge in [-0.1, -0.05) is 71.2 Å². The standard InChI is InChI=1S/C29H22Cl3NO/c1-17(2)28(26-13-14-27(34)33(26)23-10-7-21(31)8-11-23)25-16-19-15-22(32)9-12-24(19)29(25)18-3-5-20(30)6-4-18/h3-15,26,28H,1,16H2,2H3/t26-,28?/m1/s1. The van der Waals surface area contributed by atoms with Gasteiger partial charge in [0.2, 0.25) is 0 Å². The van der Waals surface area contributed by atoms with Gasteiger partial charge in [-0.05, 0) is 89.7 Å². The van der Waals surface area contributed by atoms with E-state index in [1.54, 1.807) is 18.2 Å². The Labute approximate surface area is 214 Å². The minimum Gasteiger partial charge on any atom is -0.301 e. The summed E-state index contributed by atoms with van der Waals surface area (Å²) in [6.45, 7) is 6.39. The Balaban J connectivity index is 1.67. The predicted molar refractivity (Wildman–Crippen MR) is 143 cm³/mol. The number of fused-ring (bicyclic) bond motifs is 1. The molecule has 3 aromatic rings. The fraction of sp³-hybridized carbons (Fsp3) is 0.138. The third-order valence-corrected chi connectivity index (χ3v) is 7.23. The van der Waals surface area contributed by atoms with Crippen molar-refractivity contribution in [3.63, 3.8) is 0 Å². The molecule has 5 rings (SSSR count). The molecule has 0 aromatic heterocycles. The van der Waals surface area contributed by atoms with E-state index in [4.69, 9.17) is 34.8 Å². The molecule has 2 atom stereocenters. The van der Waals surface area contributed by atoms with E-state index in [-0.39, 0.29) is 17.9 Å². The van der Waals surface area contributed by atoms with Gasteiger partial charge in [0, 0.05) is 32.7 Å². The molecule has 5 heteroatoms. The second-order valence-electron chi connectivity index (χ2n) is 8.74. The Morgan fingerprint density at radius 2 is 1.56 bits per heavy atom. The van der Waals surface area contributed by atoms with Gasteiger partial charge in [0.1, 0.15) is 0 Å². The number of carbonyl (C=O) groups is 1. The summed E-state index contributed by atoms with van der Waals surface area (Å²) in [5.74, 6) is -0.138. The van der Waals surface area contributed by atoms with Crippen LogP contribution in [-0.2, 0) is 11.2 Å². The molecule has 1 aliphatic carbocycles. The summed E-state index contributed by atoms with van der Waals surface area (Å²) in [6.07, 6.45) is 4.37. The van der Waals surface area contributed by atoms with Crippen LogP contribution in [0.5, 0.6) is 0 Å². The number of carbonyl (C=O) groups excluding carboxylic acids is 1. The Bertz CT molecular complexity index is 1350. The molecule has 2 aliphatic rings. The number of halogens is 3. The zero-order valence-corrected chi connectivity index (χ0v) is 20.8. The molecule has 3 aromatic carbocycles. The van der Waals surface area contributed by atoms with Gasteiger partial charge >= 0.3 is 0 Å². The van der Waals surface area contributed by atoms with Crippen molar-refractivity contribution >= 4 is 52.0 Å². The van der Waals surface area contributed by atoms with Gasteiger partial charge in [-0.15, -0.1) is 0 Å². The summed E-state index contributed by atoms with van der Waals surface area (Å²) < 4.78 is 0. The van der Waals surface area contributed by atoms with Crippen LogP contribution in [0.4, 0.5) is 5.69 Å². The summed E-state index contributed by atoms with van der Waals surface area (Å²) in [6, 6.07) is 21.1. The highest BCUT2D eigenvalue weighted by Crippen LogP contribution is 2.46. The molecular weight excluding hydrogens is 485 g/mol. The number of anilines is 1. The first-order valence-corrected chi connectivity index (χ1v) is 12.2. The summed E-state index contributed by atoms with van der Waals surface area (Å²) >= 11 is 18.7. The van der Waals surface area contributed by atoms with E-state index in [0.29, 0.717) is 15.1 Å². The Morgan fingerprint density at radius 1 is 0.941 bits per heavy atom. The van der Waals surface area contributed by atoms with Crippen molar-refractivity contribution in [1.82, 2.24) is 0 Å². The molecule has 1 heterocycles. The topological polar surface area (TPSA) is 20.3 Å². The van der Waals surface area contributed by atoms with Crippen LogP contribution in [0.15, 0.2) is 96.6 Å². The summed E-state index contributed by atoms with van der Waals surface area (Å²) in [5, 5.41) is 2.03. The first kappa shape index (κ1) is 23.0. The van der Waals surface area contributed by atoms with Crippen LogP contribution < -0.4 is 4.90 Å². The fourth-order valence-electron chi connectivity index (χ4n) is 5.09. The Hall–Kier alpha value is -2.78. The normalized spacial score (nSPS) is 17.9. The third kappa shape index (κ3) is 4.11. The van der Waals surface area contributed by atoms with Gasteiger partial charge in [-0.2, -0.15) is 0 Å². The lowest BCUT2D eigenvalue weighted by molar-refractivity contribution is -0.114. The fourth-order valence-corrected chi connectivity index (χ4v) is 5.54. The zero-order valence-electron chi connectivity index (χ0n) is 18.6. The number of nitrogens with zero attached hydrogens (tertiary/aromatic N) is 1. The van der Waals surface area contributed by atoms with Crippen molar-refractivity contribution in [3.8, 4) is 0 Å². The monoisotopic (exact) mass is 505 g/mol. The minimum atomic E-state index is -0.201. The molecule has 0 bridgehead atoms. The van der Waals surface area contributed by atoms with Crippen molar-refractivity contribution in [2.75, 3.05) is 4.90 Å². The molecule has 34 heavy (non-hydrogen) atoms. The van der Waals surface area contributed by atoms with Crippen LogP contribution in [0, 0.1) is 5.92 Å². The highest BCUT2D eigenvalue weighted by molar-refractivity contribution is 6.31. The molecular formula is C29H22Cl3NO. The highest BCUT2D eigenvalue weighted by Gasteiger charge is 2.39. The highest BCUT2D eigenvalue weighted by atomic mass is 35.5. The van der Waals surface area contributed by atoms with Crippen LogP contribution in [0.3, 0.4) is 0 Å². The van der Waals surface area contributed by atoms with Crippen molar-refractivity contribution in [1.29, 1.82) is 0 Å². The lowest BCUT2D eigenvalue weighted by Crippen LogP contribution is -2.40. The second kappa shape index (κ2) is 9.11. The van der Waals surface area contributed by atoms with Crippen LogP contribution in [0.1, 0.15) is 23.6 Å². The predicted octanol–water partition coefficient (Wildman–Crippen LogP) is 8.17. The number of amides is 1. The maximum absolute atomic E-state index is 13.0. The average Bonchev–Trinajstić information content (AvgIpc) is 3.35. The minimum absolute atomic E-state index is 0.0502. The molecule has 0 N–H and O–H groups in total. The molecule has 170 valence electrons. The Morgan fingerprint density at radius 3 is 2.21 bits per heavy atom. The molecule has 1 unspecified atom stereocenters. The maximum Gasteiger partial charge on any atom is 0.251 e. The number of hydrogen-bond acceptors (Lipinski definition) is 1. The van der Waals surface area contributed by atoms with E-state index in [0.717, 1.165) is 34.4 Å². The van der Waals surface area contributed by atoms with Crippen LogP contribution >= 0.6 is 34.8 Å². The van der Waals surface area contributed by atoms with Crippen LogP contribution in [0.2, 0.25) is 15.1 Å². The molecule has 1 aliphatic heterocycles. The summed E-state index contributed by atoms with van der Waals surface area (Å²) in [4.78, 5) is 14.8. The van der Waals surface area contributed by atoms with Gasteiger partial charge in [0.15, 0.2) is 0 Å². The largest absolute Gasteiger partial charge is 0.301 e. The first-order valence-electron chi connectivity index (χ1n) is 11.0. The quantitative estimate of drug-likeness (QED) is 0.320. The number of benzene rings is 3. The van der Waals surface area contributed by atoms with Gasteiger partial charge in [-0.25, -0.2) is 0 Å². The van der Waals surface area contributed by atoms with Crippen LogP contribution in [-0.4, -0.2) is 11.9 Å². The van der Waals surface area contributed by atoms with Crippen molar-refractivity contribution < 1.29 is 4.79 Å². The van der Waals surface area contributed by atoms with Crippen LogP contribution in [0.25, 0.3) is 5.57 Å². The lowest BCUT2D eigenvalue weighted by atomic mass is 9.81. The lowest BCUT2D eigenvalue weighted by Gasteiger charge is -2.34. The summed E-state index contributed by atoms with van der Waals surface area (Å²) in [5.41, 5.74) is 7.57. The van der Waals surface area contributed by atoms with E-state index < -0.39 is 0 Å². The van der Waals surface area contributed by atoms with Crippen molar-refractivity contribution in [2.45, 2.75) is 19.4 Å². The number of rotatable bonds is 5. The maximum atomic E-state index is 13.0. The SMILES string of the molecule is C=C(C)C(C1=C(c2ccc(Cl)cc2)c2ccc(Cl)cc2C1)[C@H]1C=CC(=O)N1c1ccc(Cl)cc1. The second-order valence-corrected chi connectivity index (χ2v) is 10.1. The van der Waals surface area contributed by atoms with E-state index >= 15 is 0 Å². The van der Waals surface area contributed by atoms with Gasteiger partial charge in [0.25, 0.3) is 5.91 Å². The van der Waals surface area contributed by atoms with E-state index in [2.05, 4.69) is 12.6 Å². The van der Waals surface area contributed by atoms with E-state index in [9.17, 15) is 4.79 Å². The molecule has 2 nitrogen and oxygen atoms in total. The molecule has 1 amide bonds. The van der Waals surface area contributed by atoms with Gasteiger partial charge < -0.3 is 4.90 Å². The first-order chi connectivity index (χ1) is 16.3. The molecule has 0 radical (unpaired) electrons. The van der Waals surface area contributed by atoms with Crippen molar-refractivity contribution in [2.24, 2.45) is 5.92 Å². The summed E-state index contributed by atoms with van der Waals surface area (Å²) in [7, 11) is 0. The van der Waals surface area contributed by atoms with Crippen molar-refractivity contribution in [3.05, 3.63) is 128 Å². The smallest absolute Gasteiger partial charge is 0.251 e. The molecule has 0 saturated carbocycles.